The van der Waals surface area contributed by atoms with Gasteiger partial charge in [0.25, 0.3) is 0 Å². The van der Waals surface area contributed by atoms with Gasteiger partial charge in [-0.2, -0.15) is 0 Å². The lowest BCUT2D eigenvalue weighted by Crippen LogP contribution is -1.89. The Morgan fingerprint density at radius 3 is 2.44 bits per heavy atom. The van der Waals surface area contributed by atoms with Crippen molar-refractivity contribution >= 4 is 0 Å². The summed E-state index contributed by atoms with van der Waals surface area (Å²) in [5.41, 5.74) is 1.48. The van der Waals surface area contributed by atoms with Gasteiger partial charge in [-0.3, -0.25) is 0 Å². The zero-order valence-corrected chi connectivity index (χ0v) is 10.8. The SMILES string of the molecule is CC(C)C[CH]CCCCCc1ccccc1. The highest BCUT2D eigenvalue weighted by atomic mass is 14.0. The van der Waals surface area contributed by atoms with Crippen molar-refractivity contribution < 1.29 is 0 Å². The molecule has 1 aromatic carbocycles. The molecule has 0 amide bonds. The van der Waals surface area contributed by atoms with Crippen molar-refractivity contribution in [3.63, 3.8) is 0 Å². The van der Waals surface area contributed by atoms with E-state index in [0.29, 0.717) is 0 Å². The van der Waals surface area contributed by atoms with E-state index in [4.69, 9.17) is 0 Å². The lowest BCUT2D eigenvalue weighted by atomic mass is 10.0. The van der Waals surface area contributed by atoms with Gasteiger partial charge >= 0.3 is 0 Å². The van der Waals surface area contributed by atoms with Crippen molar-refractivity contribution in [2.24, 2.45) is 5.92 Å². The summed E-state index contributed by atoms with van der Waals surface area (Å²) in [6, 6.07) is 10.8. The topological polar surface area (TPSA) is 0 Å². The molecule has 0 bridgehead atoms. The zero-order chi connectivity index (χ0) is 11.6. The molecule has 0 saturated carbocycles. The number of aryl methyl sites for hydroxylation is 1. The van der Waals surface area contributed by atoms with E-state index < -0.39 is 0 Å². The maximum Gasteiger partial charge on any atom is -0.0279 e. The fourth-order valence-electron chi connectivity index (χ4n) is 1.89. The van der Waals surface area contributed by atoms with Gasteiger partial charge in [0.15, 0.2) is 0 Å². The van der Waals surface area contributed by atoms with Crippen LogP contribution in [0.5, 0.6) is 0 Å². The van der Waals surface area contributed by atoms with E-state index in [9.17, 15) is 0 Å². The summed E-state index contributed by atoms with van der Waals surface area (Å²) >= 11 is 0. The molecular weight excluding hydrogens is 192 g/mol. The van der Waals surface area contributed by atoms with Crippen LogP contribution in [0.1, 0.15) is 51.5 Å². The first-order valence-electron chi connectivity index (χ1n) is 6.64. The van der Waals surface area contributed by atoms with Crippen molar-refractivity contribution in [1.82, 2.24) is 0 Å². The van der Waals surface area contributed by atoms with Gasteiger partial charge in [-0.05, 0) is 37.2 Å². The normalized spacial score (nSPS) is 10.9. The standard InChI is InChI=1S/C16H25/c1-15(2)11-7-4-3-5-8-12-16-13-9-6-10-14-16/h6-7,9-10,13-15H,3-5,8,11-12H2,1-2H3. The summed E-state index contributed by atoms with van der Waals surface area (Å²) in [5, 5.41) is 0. The van der Waals surface area contributed by atoms with E-state index in [1.165, 1.54) is 44.1 Å². The van der Waals surface area contributed by atoms with Crippen LogP contribution in [-0.4, -0.2) is 0 Å². The average Bonchev–Trinajstić information content (AvgIpc) is 2.29. The number of unbranched alkanes of at least 4 members (excludes halogenated alkanes) is 4. The molecule has 0 N–H and O–H groups in total. The van der Waals surface area contributed by atoms with E-state index in [1.807, 2.05) is 0 Å². The Morgan fingerprint density at radius 2 is 1.75 bits per heavy atom. The van der Waals surface area contributed by atoms with E-state index >= 15 is 0 Å². The predicted molar refractivity (Wildman–Crippen MR) is 72.4 cm³/mol. The Balaban J connectivity index is 1.93. The van der Waals surface area contributed by atoms with Gasteiger partial charge in [0.2, 0.25) is 0 Å². The lowest BCUT2D eigenvalue weighted by molar-refractivity contribution is 0.595. The van der Waals surface area contributed by atoms with E-state index in [-0.39, 0.29) is 0 Å². The summed E-state index contributed by atoms with van der Waals surface area (Å²) in [6.07, 6.45) is 10.3. The second kappa shape index (κ2) is 8.38. The molecule has 0 spiro atoms. The first-order valence-corrected chi connectivity index (χ1v) is 6.64. The second-order valence-electron chi connectivity index (χ2n) is 5.00. The fourth-order valence-corrected chi connectivity index (χ4v) is 1.89. The van der Waals surface area contributed by atoms with Crippen molar-refractivity contribution in [2.45, 2.75) is 52.4 Å². The molecule has 0 aromatic heterocycles. The highest BCUT2D eigenvalue weighted by Crippen LogP contribution is 2.11. The van der Waals surface area contributed by atoms with Gasteiger partial charge in [-0.25, -0.2) is 0 Å². The minimum absolute atomic E-state index is 0.823. The quantitative estimate of drug-likeness (QED) is 0.535. The molecule has 0 unspecified atom stereocenters. The van der Waals surface area contributed by atoms with Gasteiger partial charge in [0, 0.05) is 0 Å². The van der Waals surface area contributed by atoms with E-state index in [0.717, 1.165) is 5.92 Å². The molecule has 0 heterocycles. The third-order valence-corrected chi connectivity index (χ3v) is 2.85. The number of benzene rings is 1. The number of hydrogen-bond donors (Lipinski definition) is 0. The van der Waals surface area contributed by atoms with Gasteiger partial charge in [0.05, 0.1) is 0 Å². The van der Waals surface area contributed by atoms with Gasteiger partial charge in [-0.15, -0.1) is 0 Å². The van der Waals surface area contributed by atoms with Crippen molar-refractivity contribution in [2.75, 3.05) is 0 Å². The third-order valence-electron chi connectivity index (χ3n) is 2.85. The Kier molecular flexibility index (Phi) is 6.96. The zero-order valence-electron chi connectivity index (χ0n) is 10.8. The molecule has 89 valence electrons. The van der Waals surface area contributed by atoms with Gasteiger partial charge in [-0.1, -0.05) is 63.4 Å². The first kappa shape index (κ1) is 13.3. The van der Waals surface area contributed by atoms with Crippen LogP contribution >= 0.6 is 0 Å². The molecule has 0 saturated heterocycles. The predicted octanol–water partition coefficient (Wildman–Crippen LogP) is 5.04. The van der Waals surface area contributed by atoms with Crippen LogP contribution in [0, 0.1) is 12.3 Å². The van der Waals surface area contributed by atoms with Crippen molar-refractivity contribution in [3.8, 4) is 0 Å². The number of hydrogen-bond acceptors (Lipinski definition) is 0. The molecule has 1 radical (unpaired) electrons. The Morgan fingerprint density at radius 1 is 1.00 bits per heavy atom. The number of rotatable bonds is 8. The summed E-state index contributed by atoms with van der Waals surface area (Å²) in [5.74, 6) is 0.823. The summed E-state index contributed by atoms with van der Waals surface area (Å²) in [7, 11) is 0. The molecule has 0 atom stereocenters. The van der Waals surface area contributed by atoms with Crippen molar-refractivity contribution in [1.29, 1.82) is 0 Å². The van der Waals surface area contributed by atoms with Crippen LogP contribution in [0.4, 0.5) is 0 Å². The minimum Gasteiger partial charge on any atom is -0.0628 e. The largest absolute Gasteiger partial charge is 0.0628 e. The molecule has 16 heavy (non-hydrogen) atoms. The van der Waals surface area contributed by atoms with Crippen LogP contribution in [-0.2, 0) is 6.42 Å². The molecule has 1 aromatic rings. The Labute approximate surface area is 101 Å². The van der Waals surface area contributed by atoms with E-state index in [1.54, 1.807) is 0 Å². The van der Waals surface area contributed by atoms with Crippen molar-refractivity contribution in [3.05, 3.63) is 42.3 Å². The molecule has 1 rings (SSSR count). The Bertz CT molecular complexity index is 248. The second-order valence-corrected chi connectivity index (χ2v) is 5.00. The fraction of sp³-hybridized carbons (Fsp3) is 0.562. The smallest absolute Gasteiger partial charge is 0.0279 e. The first-order chi connectivity index (χ1) is 7.79. The highest BCUT2D eigenvalue weighted by Gasteiger charge is 1.95. The summed E-state index contributed by atoms with van der Waals surface area (Å²) < 4.78 is 0. The van der Waals surface area contributed by atoms with Gasteiger partial charge in [0.1, 0.15) is 0 Å². The lowest BCUT2D eigenvalue weighted by Gasteiger charge is -2.04. The maximum atomic E-state index is 2.45. The van der Waals surface area contributed by atoms with Crippen LogP contribution in [0.3, 0.4) is 0 Å². The van der Waals surface area contributed by atoms with Gasteiger partial charge < -0.3 is 0 Å². The molecular formula is C16H25. The maximum absolute atomic E-state index is 2.45. The summed E-state index contributed by atoms with van der Waals surface area (Å²) in [4.78, 5) is 0. The highest BCUT2D eigenvalue weighted by molar-refractivity contribution is 5.14. The Hall–Kier alpha value is -0.780. The molecule has 0 heteroatoms. The molecule has 0 nitrogen and oxygen atoms in total. The molecule has 0 aliphatic carbocycles. The monoisotopic (exact) mass is 217 g/mol. The molecule has 0 aliphatic heterocycles. The molecule has 0 fully saturated rings. The van der Waals surface area contributed by atoms with Crippen LogP contribution in [0.15, 0.2) is 30.3 Å². The minimum atomic E-state index is 0.823. The molecule has 0 aliphatic rings. The average molecular weight is 217 g/mol. The van der Waals surface area contributed by atoms with Crippen LogP contribution < -0.4 is 0 Å². The van der Waals surface area contributed by atoms with Crippen LogP contribution in [0.25, 0.3) is 0 Å². The third kappa shape index (κ3) is 6.66. The van der Waals surface area contributed by atoms with Crippen LogP contribution in [0.2, 0.25) is 0 Å². The summed E-state index contributed by atoms with van der Waals surface area (Å²) in [6.45, 7) is 4.57. The van der Waals surface area contributed by atoms with E-state index in [2.05, 4.69) is 50.6 Å².